The molecule has 0 aromatic carbocycles. The minimum atomic E-state index is -2.64. The molecule has 1 saturated carbocycles. The first-order valence-corrected chi connectivity index (χ1v) is 9.01. The maximum Gasteiger partial charge on any atom is 0.328 e. The van der Waals surface area contributed by atoms with Crippen molar-refractivity contribution in [1.29, 1.82) is 0 Å². The van der Waals surface area contributed by atoms with Crippen molar-refractivity contribution in [2.45, 2.75) is 56.5 Å². The van der Waals surface area contributed by atoms with Crippen molar-refractivity contribution >= 4 is 17.8 Å². The van der Waals surface area contributed by atoms with E-state index in [1.807, 2.05) is 0 Å². The summed E-state index contributed by atoms with van der Waals surface area (Å²) >= 11 is 0. The van der Waals surface area contributed by atoms with Crippen LogP contribution in [0.4, 0.5) is 8.78 Å². The lowest BCUT2D eigenvalue weighted by Crippen LogP contribution is -2.51. The van der Waals surface area contributed by atoms with E-state index in [0.717, 1.165) is 6.42 Å². The monoisotopic (exact) mass is 373 g/mol. The Morgan fingerprint density at radius 1 is 1.38 bits per heavy atom. The number of piperidine rings is 1. The molecule has 0 aromatic rings. The smallest absolute Gasteiger partial charge is 0.328 e. The molecule has 2 aliphatic heterocycles. The summed E-state index contributed by atoms with van der Waals surface area (Å²) in [6, 6.07) is -1.54. The van der Waals surface area contributed by atoms with Crippen molar-refractivity contribution in [2.75, 3.05) is 20.2 Å². The average molecular weight is 373 g/mol. The zero-order valence-corrected chi connectivity index (χ0v) is 14.8. The summed E-state index contributed by atoms with van der Waals surface area (Å²) in [6.07, 6.45) is 1.54. The first kappa shape index (κ1) is 19.0. The van der Waals surface area contributed by atoms with Gasteiger partial charge in [0.2, 0.25) is 17.7 Å². The summed E-state index contributed by atoms with van der Waals surface area (Å²) in [5, 5.41) is 8.37. The van der Waals surface area contributed by atoms with Crippen LogP contribution < -0.4 is 16.0 Å². The highest BCUT2D eigenvalue weighted by Gasteiger charge is 2.59. The van der Waals surface area contributed by atoms with Gasteiger partial charge in [-0.1, -0.05) is 0 Å². The van der Waals surface area contributed by atoms with Gasteiger partial charge in [-0.3, -0.25) is 9.59 Å². The van der Waals surface area contributed by atoms with Gasteiger partial charge in [0.15, 0.2) is 0 Å². The highest BCUT2D eigenvalue weighted by Crippen LogP contribution is 2.56. The van der Waals surface area contributed by atoms with Gasteiger partial charge in [-0.2, -0.15) is 0 Å². The molecule has 3 N–H and O–H groups in total. The van der Waals surface area contributed by atoms with Crippen LogP contribution in [0.15, 0.2) is 0 Å². The lowest BCUT2D eigenvalue weighted by Gasteiger charge is -2.44. The molecule has 3 fully saturated rings. The summed E-state index contributed by atoms with van der Waals surface area (Å²) in [7, 11) is 1.22. The third kappa shape index (κ3) is 3.97. The molecule has 0 radical (unpaired) electrons. The van der Waals surface area contributed by atoms with E-state index in [1.165, 1.54) is 7.11 Å². The Morgan fingerprint density at radius 2 is 2.12 bits per heavy atom. The third-order valence-corrected chi connectivity index (χ3v) is 5.67. The molecule has 1 aliphatic carbocycles. The van der Waals surface area contributed by atoms with Crippen molar-refractivity contribution in [3.63, 3.8) is 0 Å². The van der Waals surface area contributed by atoms with E-state index >= 15 is 0 Å². The van der Waals surface area contributed by atoms with E-state index in [-0.39, 0.29) is 31.1 Å². The molecule has 3 atom stereocenters. The van der Waals surface area contributed by atoms with Crippen molar-refractivity contribution in [3.05, 3.63) is 0 Å². The fraction of sp³-hybridized carbons (Fsp3) is 0.824. The second kappa shape index (κ2) is 7.09. The molecule has 0 aromatic heterocycles. The van der Waals surface area contributed by atoms with Crippen molar-refractivity contribution < 1.29 is 27.9 Å². The number of amides is 2. The predicted molar refractivity (Wildman–Crippen MR) is 87.3 cm³/mol. The molecule has 9 heteroatoms. The zero-order valence-electron chi connectivity index (χ0n) is 14.8. The number of carbonyl (C=O) groups is 3. The van der Waals surface area contributed by atoms with Gasteiger partial charge in [-0.25, -0.2) is 13.6 Å². The number of rotatable bonds is 5. The van der Waals surface area contributed by atoms with Crippen LogP contribution in [0.1, 0.15) is 38.5 Å². The molecule has 146 valence electrons. The zero-order chi connectivity index (χ0) is 18.9. The van der Waals surface area contributed by atoms with Crippen molar-refractivity contribution in [1.82, 2.24) is 16.0 Å². The number of halogens is 2. The molecule has 1 unspecified atom stereocenters. The standard InChI is InChI=1S/C17H25F2N3O4/c1-26-15(25)11(5-10-3-2-4-20-13(10)23)22-14(24)12-6-16(9-21-12)7-17(18,19)8-16/h10-12,21H,2-9H2,1H3,(H,20,23)(H,22,24)/t10-,11-,12?/m0/s1. The van der Waals surface area contributed by atoms with Crippen LogP contribution in [0.5, 0.6) is 0 Å². The van der Waals surface area contributed by atoms with Gasteiger partial charge in [-0.05, 0) is 31.1 Å². The van der Waals surface area contributed by atoms with Gasteiger partial charge in [-0.15, -0.1) is 0 Å². The maximum absolute atomic E-state index is 13.2. The number of hydrogen-bond donors (Lipinski definition) is 3. The molecule has 3 aliphatic rings. The van der Waals surface area contributed by atoms with Crippen molar-refractivity contribution in [2.24, 2.45) is 11.3 Å². The topological polar surface area (TPSA) is 96.5 Å². The molecular weight excluding hydrogens is 348 g/mol. The molecule has 0 bridgehead atoms. The first-order chi connectivity index (χ1) is 12.2. The largest absolute Gasteiger partial charge is 0.467 e. The van der Waals surface area contributed by atoms with Gasteiger partial charge < -0.3 is 20.7 Å². The van der Waals surface area contributed by atoms with Crippen LogP contribution in [0.3, 0.4) is 0 Å². The number of ether oxygens (including phenoxy) is 1. The van der Waals surface area contributed by atoms with Crippen LogP contribution in [0.25, 0.3) is 0 Å². The number of alkyl halides is 2. The van der Waals surface area contributed by atoms with E-state index in [4.69, 9.17) is 4.74 Å². The minimum Gasteiger partial charge on any atom is -0.467 e. The second-order valence-electron chi connectivity index (χ2n) is 7.80. The second-order valence-corrected chi connectivity index (χ2v) is 7.80. The van der Waals surface area contributed by atoms with Gasteiger partial charge in [0.05, 0.1) is 13.2 Å². The van der Waals surface area contributed by atoms with Crippen molar-refractivity contribution in [3.8, 4) is 0 Å². The Labute approximate surface area is 150 Å². The fourth-order valence-corrected chi connectivity index (χ4v) is 4.39. The number of carbonyl (C=O) groups excluding carboxylic acids is 3. The number of nitrogens with one attached hydrogen (secondary N) is 3. The summed E-state index contributed by atoms with van der Waals surface area (Å²) < 4.78 is 31.1. The lowest BCUT2D eigenvalue weighted by atomic mass is 9.65. The Hall–Kier alpha value is -1.77. The fourth-order valence-electron chi connectivity index (χ4n) is 4.39. The van der Waals surface area contributed by atoms with Crippen LogP contribution in [0, 0.1) is 11.3 Å². The number of methoxy groups -OCH3 is 1. The molecule has 7 nitrogen and oxygen atoms in total. The quantitative estimate of drug-likeness (QED) is 0.604. The number of esters is 1. The van der Waals surface area contributed by atoms with Crippen LogP contribution in [0.2, 0.25) is 0 Å². The van der Waals surface area contributed by atoms with Crippen LogP contribution in [-0.4, -0.2) is 56.0 Å². The normalized spacial score (nSPS) is 30.2. The SMILES string of the molecule is COC(=O)[C@H](C[C@@H]1CCCNC1=O)NC(=O)C1CC2(CN1)CC(F)(F)C2. The molecular formula is C17H25F2N3O4. The lowest BCUT2D eigenvalue weighted by molar-refractivity contribution is -0.154. The molecule has 2 saturated heterocycles. The van der Waals surface area contributed by atoms with Crippen LogP contribution in [-0.2, 0) is 19.1 Å². The molecule has 2 heterocycles. The minimum absolute atomic E-state index is 0.131. The molecule has 1 spiro atoms. The summed E-state index contributed by atoms with van der Waals surface area (Å²) in [5.41, 5.74) is -0.532. The Bertz CT molecular complexity index is 591. The Balaban J connectivity index is 1.57. The number of hydrogen-bond acceptors (Lipinski definition) is 5. The first-order valence-electron chi connectivity index (χ1n) is 9.01. The molecule has 26 heavy (non-hydrogen) atoms. The molecule has 3 rings (SSSR count). The summed E-state index contributed by atoms with van der Waals surface area (Å²) in [4.78, 5) is 36.5. The Kier molecular flexibility index (Phi) is 5.18. The van der Waals surface area contributed by atoms with Gasteiger partial charge in [0.25, 0.3) is 0 Å². The summed E-state index contributed by atoms with van der Waals surface area (Å²) in [5.74, 6) is -4.16. The van der Waals surface area contributed by atoms with Gasteiger partial charge >= 0.3 is 5.97 Å². The van der Waals surface area contributed by atoms with E-state index in [9.17, 15) is 23.2 Å². The highest BCUT2D eigenvalue weighted by atomic mass is 19.3. The highest BCUT2D eigenvalue weighted by molar-refractivity contribution is 5.88. The van der Waals surface area contributed by atoms with E-state index in [0.29, 0.717) is 25.9 Å². The Morgan fingerprint density at radius 3 is 2.73 bits per heavy atom. The van der Waals surface area contributed by atoms with Gasteiger partial charge in [0.1, 0.15) is 6.04 Å². The van der Waals surface area contributed by atoms with E-state index in [1.54, 1.807) is 0 Å². The summed E-state index contributed by atoms with van der Waals surface area (Å²) in [6.45, 7) is 0.984. The molecule has 2 amide bonds. The van der Waals surface area contributed by atoms with Crippen LogP contribution >= 0.6 is 0 Å². The average Bonchev–Trinajstić information content (AvgIpc) is 2.98. The predicted octanol–water partition coefficient (Wildman–Crippen LogP) is 0.338. The van der Waals surface area contributed by atoms with E-state index < -0.39 is 35.3 Å². The van der Waals surface area contributed by atoms with Gasteiger partial charge in [0, 0.05) is 31.8 Å². The maximum atomic E-state index is 13.2. The third-order valence-electron chi connectivity index (χ3n) is 5.67. The van der Waals surface area contributed by atoms with E-state index in [2.05, 4.69) is 16.0 Å².